The van der Waals surface area contributed by atoms with Crippen molar-refractivity contribution in [3.8, 4) is 0 Å². The molecule has 8 rings (SSSR count). The molecule has 0 aliphatic carbocycles. The lowest BCUT2D eigenvalue weighted by molar-refractivity contribution is -0.141. The SMILES string of the molecule is C=CC1=C(C)C(=O)N/C1=C\c1[nH]c(/C=c2\[nH]/c(=C\C3=NC(=O)C([C@@H](C)C[C@H](OC)C4=C(C)C(/C=c5/[nH]/c(=C\c6[nH]c(/C=C7\NC(=O)C(C)=C7C=C)c(C)c6CCC(=O)OC)c(CCC(=O)OC)c5C)=NC4=O)=C3C)c(C)c2CCC(=O)OC)c(CCC(=O)OC)c1C. The van der Waals surface area contributed by atoms with Crippen LogP contribution in [0.15, 0.2) is 91.3 Å². The number of ether oxygens (including phenoxy) is 5. The first-order chi connectivity index (χ1) is 43.8. The average Bonchev–Trinajstić information content (AvgIpc) is 1.65. The summed E-state index contributed by atoms with van der Waals surface area (Å²) in [7, 11) is 6.85. The predicted molar refractivity (Wildman–Crippen MR) is 351 cm³/mol. The Morgan fingerprint density at radius 3 is 1.16 bits per heavy atom. The molecular weight excluding hydrogens is 1170 g/mol. The zero-order chi connectivity index (χ0) is 67.2. The van der Waals surface area contributed by atoms with Crippen molar-refractivity contribution in [2.24, 2.45) is 15.9 Å². The average molecular weight is 1250 g/mol. The molecule has 21 nitrogen and oxygen atoms in total. The van der Waals surface area contributed by atoms with Gasteiger partial charge in [0.25, 0.3) is 23.6 Å². The number of nitrogens with one attached hydrogen (secondary N) is 6. The molecule has 6 N–H and O–H groups in total. The Morgan fingerprint density at radius 2 is 0.804 bits per heavy atom. The smallest absolute Gasteiger partial charge is 0.305 e. The fourth-order valence-electron chi connectivity index (χ4n) is 12.3. The molecule has 0 saturated carbocycles. The van der Waals surface area contributed by atoms with Gasteiger partial charge in [0, 0.05) is 105 Å². The van der Waals surface area contributed by atoms with Crippen LogP contribution in [0.1, 0.15) is 134 Å². The number of carbonyl (C=O) groups excluding carboxylic acids is 8. The predicted octanol–water partition coefficient (Wildman–Crippen LogP) is 6.16. The van der Waals surface area contributed by atoms with Gasteiger partial charge in [0.1, 0.15) is 0 Å². The third-order valence-corrected chi connectivity index (χ3v) is 17.9. The van der Waals surface area contributed by atoms with Gasteiger partial charge in [-0.1, -0.05) is 32.2 Å². The number of hydrogen-bond acceptors (Lipinski definition) is 13. The summed E-state index contributed by atoms with van der Waals surface area (Å²) in [6.07, 6.45) is 15.4. The highest BCUT2D eigenvalue weighted by Gasteiger charge is 2.35. The fourth-order valence-corrected chi connectivity index (χ4v) is 12.3. The Kier molecular flexibility index (Phi) is 21.3. The standard InChI is InChI=1S/C71H80N8O13/c1-17-43-39(8)68(84)78-55(43)30-51-37(6)47(21-25-64(82)91-15)59(74-51)32-57-45(19-23-62(80)89-13)35(4)49(72-57)28-53-41(10)66(70(86)76-53)34(3)27-61(88-12)67-42(11)54(77-71(67)87)29-50-36(5)46(20-24-63(81)90-14)58(73-50)33-60-48(22-26-65(83)92-16)38(7)52(75-60)31-56-44(18-2)40(9)69(85)79-56/h17-18,28-34,61,72-75H,1-2,19-27H2,3-16H3,(H,78,84)(H,79,85)/b49-28-,50-29+,55-30-,56-31-,57-32-,58-33-/t34-,61-/m0/s1. The zero-order valence-corrected chi connectivity index (χ0v) is 54.8. The van der Waals surface area contributed by atoms with Crippen molar-refractivity contribution in [1.29, 1.82) is 0 Å². The summed E-state index contributed by atoms with van der Waals surface area (Å²) < 4.78 is 26.1. The van der Waals surface area contributed by atoms with Gasteiger partial charge in [0.2, 0.25) is 0 Å². The van der Waals surface area contributed by atoms with Crippen LogP contribution in [0.25, 0.3) is 36.5 Å². The lowest BCUT2D eigenvalue weighted by atomic mass is 9.87. The van der Waals surface area contributed by atoms with Crippen LogP contribution < -0.4 is 32.0 Å². The van der Waals surface area contributed by atoms with E-state index < -0.39 is 35.8 Å². The summed E-state index contributed by atoms with van der Waals surface area (Å²) in [5.74, 6) is -3.39. The van der Waals surface area contributed by atoms with Crippen LogP contribution in [0, 0.1) is 33.6 Å². The van der Waals surface area contributed by atoms with E-state index in [4.69, 9.17) is 23.7 Å². The molecule has 8 heterocycles. The zero-order valence-electron chi connectivity index (χ0n) is 54.8. The molecule has 0 unspecified atom stereocenters. The monoisotopic (exact) mass is 1250 g/mol. The Morgan fingerprint density at radius 1 is 0.446 bits per heavy atom. The molecule has 4 aliphatic rings. The van der Waals surface area contributed by atoms with Gasteiger partial charge < -0.3 is 54.3 Å². The van der Waals surface area contributed by atoms with E-state index in [1.807, 2.05) is 71.9 Å². The van der Waals surface area contributed by atoms with Crippen LogP contribution in [0.3, 0.4) is 0 Å². The molecule has 21 heteroatoms. The van der Waals surface area contributed by atoms with E-state index in [0.29, 0.717) is 137 Å². The molecule has 4 aliphatic heterocycles. The highest BCUT2D eigenvalue weighted by molar-refractivity contribution is 6.32. The maximum atomic E-state index is 14.1. The van der Waals surface area contributed by atoms with Gasteiger partial charge in [-0.3, -0.25) is 38.4 Å². The van der Waals surface area contributed by atoms with Crippen molar-refractivity contribution in [2.75, 3.05) is 35.5 Å². The van der Waals surface area contributed by atoms with Gasteiger partial charge in [-0.2, -0.15) is 0 Å². The number of carbonyl (C=O) groups is 8. The minimum atomic E-state index is -0.783. The molecule has 0 fully saturated rings. The number of aromatic amines is 4. The Bertz CT molecular complexity index is 4380. The van der Waals surface area contributed by atoms with E-state index in [1.165, 1.54) is 35.5 Å². The Labute approximate surface area is 533 Å². The highest BCUT2D eigenvalue weighted by Crippen LogP contribution is 2.34. The van der Waals surface area contributed by atoms with E-state index in [9.17, 15) is 38.4 Å². The lowest BCUT2D eigenvalue weighted by Crippen LogP contribution is -2.24. The third-order valence-electron chi connectivity index (χ3n) is 17.9. The topological polar surface area (TPSA) is 295 Å². The fraction of sp³-hybridized carbons (Fsp3) is 0.352. The van der Waals surface area contributed by atoms with E-state index in [-0.39, 0.29) is 55.9 Å². The molecule has 482 valence electrons. The highest BCUT2D eigenvalue weighted by atomic mass is 16.5. The van der Waals surface area contributed by atoms with Gasteiger partial charge in [-0.25, -0.2) is 9.98 Å². The number of nitrogens with zero attached hydrogens (tertiary/aromatic N) is 2. The molecule has 4 aromatic heterocycles. The number of amides is 4. The summed E-state index contributed by atoms with van der Waals surface area (Å²) in [6, 6.07) is 0. The van der Waals surface area contributed by atoms with E-state index in [2.05, 4.69) is 53.7 Å². The van der Waals surface area contributed by atoms with Crippen molar-refractivity contribution in [3.63, 3.8) is 0 Å². The van der Waals surface area contributed by atoms with Crippen molar-refractivity contribution in [1.82, 2.24) is 30.6 Å². The first kappa shape index (κ1) is 67.9. The molecule has 4 aromatic rings. The molecular formula is C71H80N8O13. The van der Waals surface area contributed by atoms with Gasteiger partial charge in [-0.05, 0) is 186 Å². The van der Waals surface area contributed by atoms with Crippen LogP contribution in [0.4, 0.5) is 0 Å². The molecule has 2 atom stereocenters. The lowest BCUT2D eigenvalue weighted by Gasteiger charge is -2.21. The molecule has 0 spiro atoms. The molecule has 0 radical (unpaired) electrons. The second-order valence-electron chi connectivity index (χ2n) is 23.2. The van der Waals surface area contributed by atoms with Gasteiger partial charge in [0.05, 0.1) is 62.9 Å². The quantitative estimate of drug-likeness (QED) is 0.0321. The summed E-state index contributed by atoms with van der Waals surface area (Å²) in [6.45, 7) is 24.5. The molecule has 0 aromatic carbocycles. The molecule has 4 amide bonds. The van der Waals surface area contributed by atoms with Crippen molar-refractivity contribution in [2.45, 2.75) is 126 Å². The van der Waals surface area contributed by atoms with Crippen LogP contribution in [-0.4, -0.2) is 121 Å². The van der Waals surface area contributed by atoms with Gasteiger partial charge in [-0.15, -0.1) is 0 Å². The van der Waals surface area contributed by atoms with Crippen LogP contribution >= 0.6 is 0 Å². The number of hydrogen-bond donors (Lipinski definition) is 6. The van der Waals surface area contributed by atoms with Crippen LogP contribution in [-0.2, 0) is 87.7 Å². The van der Waals surface area contributed by atoms with Crippen molar-refractivity contribution < 1.29 is 62.0 Å². The van der Waals surface area contributed by atoms with Crippen molar-refractivity contribution >= 4 is 95.4 Å². The van der Waals surface area contributed by atoms with Gasteiger partial charge >= 0.3 is 23.9 Å². The minimum Gasteiger partial charge on any atom is -0.469 e. The van der Waals surface area contributed by atoms with E-state index in [1.54, 1.807) is 39.0 Å². The number of allylic oxidation sites excluding steroid dienone is 4. The Balaban J connectivity index is 1.13. The van der Waals surface area contributed by atoms with Gasteiger partial charge in [0.15, 0.2) is 0 Å². The normalized spacial score (nSPS) is 17.5. The maximum absolute atomic E-state index is 14.1. The van der Waals surface area contributed by atoms with Crippen molar-refractivity contribution in [3.05, 3.63) is 170 Å². The number of aliphatic imine (C=N–C) groups is 2. The molecule has 92 heavy (non-hydrogen) atoms. The third kappa shape index (κ3) is 14.1. The summed E-state index contributed by atoms with van der Waals surface area (Å²) >= 11 is 0. The maximum Gasteiger partial charge on any atom is 0.305 e. The first-order valence-electron chi connectivity index (χ1n) is 30.3. The second-order valence-corrected chi connectivity index (χ2v) is 23.2. The number of H-pyrrole nitrogens is 4. The first-order valence-corrected chi connectivity index (χ1v) is 30.3. The van der Waals surface area contributed by atoms with Crippen LogP contribution in [0.2, 0.25) is 0 Å². The largest absolute Gasteiger partial charge is 0.469 e. The summed E-state index contributed by atoms with van der Waals surface area (Å²) in [5.41, 5.74) is 15.8. The number of aromatic nitrogens is 4. The second kappa shape index (κ2) is 28.9. The minimum absolute atomic E-state index is 0.0726. The number of esters is 4. The molecule has 0 saturated heterocycles. The Hall–Kier alpha value is -10.0. The summed E-state index contributed by atoms with van der Waals surface area (Å²) in [4.78, 5) is 127. The van der Waals surface area contributed by atoms with Crippen LogP contribution in [0.5, 0.6) is 0 Å². The molecule has 0 bridgehead atoms. The number of rotatable bonds is 25. The summed E-state index contributed by atoms with van der Waals surface area (Å²) in [5, 5.41) is 8.42. The van der Waals surface area contributed by atoms with E-state index >= 15 is 0 Å². The van der Waals surface area contributed by atoms with E-state index in [0.717, 1.165) is 44.5 Å². The number of methoxy groups -OCH3 is 5.